The number of unbranched alkanes of at least 4 members (excludes halogenated alkanes) is 2. The Morgan fingerprint density at radius 3 is 2.24 bits per heavy atom. The zero-order valence-corrected chi connectivity index (χ0v) is 49.1. The normalized spacial score (nSPS) is 16.2. The van der Waals surface area contributed by atoms with E-state index in [9.17, 15) is 47.1 Å². The Labute approximate surface area is 491 Å². The molecule has 24 heteroatoms. The lowest BCUT2D eigenvalue weighted by molar-refractivity contribution is -0.137. The number of anilines is 1. The molecule has 2 aliphatic rings. The number of carbonyl (C=O) groups excluding carboxylic acids is 8. The van der Waals surface area contributed by atoms with Crippen LogP contribution in [0.2, 0.25) is 0 Å². The monoisotopic (exact) mass is 1190 g/mol. The predicted molar refractivity (Wildman–Crippen MR) is 310 cm³/mol. The molecule has 0 unspecified atom stereocenters. The number of ketones is 1. The van der Waals surface area contributed by atoms with E-state index >= 15 is 8.78 Å². The number of hydrogen-bond acceptors (Lipinski definition) is 12. The van der Waals surface area contributed by atoms with Crippen molar-refractivity contribution in [2.75, 3.05) is 56.6 Å². The van der Waals surface area contributed by atoms with Gasteiger partial charge in [0, 0.05) is 81.1 Å². The molecule has 6 rings (SSSR count). The Morgan fingerprint density at radius 1 is 0.857 bits per heavy atom. The van der Waals surface area contributed by atoms with E-state index in [2.05, 4.69) is 21.3 Å². The van der Waals surface area contributed by atoms with Crippen LogP contribution < -0.4 is 27.0 Å². The van der Waals surface area contributed by atoms with Gasteiger partial charge in [0.1, 0.15) is 53.9 Å². The van der Waals surface area contributed by atoms with Gasteiger partial charge in [0.15, 0.2) is 0 Å². The summed E-state index contributed by atoms with van der Waals surface area (Å²) in [6.07, 6.45) is 5.66. The number of aromatic nitrogens is 2. The molecule has 1 saturated heterocycles. The first-order valence-corrected chi connectivity index (χ1v) is 29.4. The molecule has 84 heavy (non-hydrogen) atoms. The van der Waals surface area contributed by atoms with Crippen molar-refractivity contribution >= 4 is 64.9 Å². The number of nitrogens with one attached hydrogen (secondary N) is 4. The molecule has 8 amide bonds. The second-order valence-electron chi connectivity index (χ2n) is 22.5. The molecule has 4 aromatic rings. The first kappa shape index (κ1) is 65.6. The average Bonchev–Trinajstić information content (AvgIpc) is 2.76. The molecule has 2 aliphatic heterocycles. The summed E-state index contributed by atoms with van der Waals surface area (Å²) in [4.78, 5) is 112. The van der Waals surface area contributed by atoms with Crippen molar-refractivity contribution in [3.63, 3.8) is 0 Å². The molecule has 0 radical (unpaired) electrons. The molecule has 6 N–H and O–H groups in total. The minimum absolute atomic E-state index is 0.0126. The Hall–Kier alpha value is -7.60. The number of imidazole rings is 1. The predicted octanol–water partition coefficient (Wildman–Crippen LogP) is 7.83. The highest BCUT2D eigenvalue weighted by Crippen LogP contribution is 2.41. The SMILES string of the molecule is CSCCC(=O)CN(C[C@@H]1CN(C(=O)OCc2ccc(NC(=O)[C@H](CCCNC(N)=O)NC(=O)[C@@H](NC(=O)CCCCCN3C(=O)C=CC3=O)C(C)C)cc2)C[C@@H]1F)[C@@H](c1nc(-c2cc(F)ccc2F)cn1Cc1cccc(F)c1)C(C)(C)C. The van der Waals surface area contributed by atoms with Gasteiger partial charge in [0.2, 0.25) is 17.7 Å². The molecular weight excluding hydrogens is 1110 g/mol. The summed E-state index contributed by atoms with van der Waals surface area (Å²) in [5.74, 6) is -4.65. The number of likely N-dealkylation sites (tertiary alicyclic amines) is 1. The summed E-state index contributed by atoms with van der Waals surface area (Å²) in [7, 11) is 0. The lowest BCUT2D eigenvalue weighted by atomic mass is 9.84. The van der Waals surface area contributed by atoms with Crippen LogP contribution in [0.15, 0.2) is 85.1 Å². The number of Topliss-reactive ketones (excluding diaryl/α,β-unsaturated/α-hetero) is 1. The Balaban J connectivity index is 1.09. The molecule has 1 aromatic heterocycles. The van der Waals surface area contributed by atoms with Crippen molar-refractivity contribution in [1.29, 1.82) is 0 Å². The second-order valence-corrected chi connectivity index (χ2v) is 23.5. The number of rotatable bonds is 30. The first-order chi connectivity index (χ1) is 39.9. The number of nitrogens with two attached hydrogens (primary N) is 1. The number of thioether (sulfide) groups is 1. The number of amides is 8. The van der Waals surface area contributed by atoms with Crippen molar-refractivity contribution in [3.8, 4) is 11.3 Å². The van der Waals surface area contributed by atoms with Gasteiger partial charge in [-0.05, 0) is 103 Å². The van der Waals surface area contributed by atoms with Crippen LogP contribution >= 0.6 is 11.8 Å². The molecule has 0 bridgehead atoms. The van der Waals surface area contributed by atoms with Crippen LogP contribution in [0, 0.1) is 34.7 Å². The van der Waals surface area contributed by atoms with Crippen molar-refractivity contribution < 1.29 is 60.7 Å². The van der Waals surface area contributed by atoms with E-state index in [1.54, 1.807) is 61.0 Å². The number of benzene rings is 3. The lowest BCUT2D eigenvalue weighted by Gasteiger charge is -2.41. The molecule has 0 saturated carbocycles. The third-order valence-electron chi connectivity index (χ3n) is 14.4. The van der Waals surface area contributed by atoms with Crippen LogP contribution in [0.3, 0.4) is 0 Å². The van der Waals surface area contributed by atoms with Crippen LogP contribution in [-0.4, -0.2) is 141 Å². The first-order valence-electron chi connectivity index (χ1n) is 28.0. The van der Waals surface area contributed by atoms with E-state index in [1.165, 1.54) is 40.9 Å². The number of halogens is 4. The maximum atomic E-state index is 16.4. The second kappa shape index (κ2) is 30.8. The molecule has 19 nitrogen and oxygen atoms in total. The van der Waals surface area contributed by atoms with E-state index < -0.39 is 82.9 Å². The molecule has 3 heterocycles. The Kier molecular flexibility index (Phi) is 24.0. The molecule has 1 fully saturated rings. The van der Waals surface area contributed by atoms with Crippen LogP contribution in [0.4, 0.5) is 32.8 Å². The summed E-state index contributed by atoms with van der Waals surface area (Å²) in [5.41, 5.74) is 5.90. The smallest absolute Gasteiger partial charge is 0.410 e. The van der Waals surface area contributed by atoms with E-state index in [0.29, 0.717) is 47.7 Å². The largest absolute Gasteiger partial charge is 0.445 e. The molecule has 3 aromatic carbocycles. The zero-order valence-electron chi connectivity index (χ0n) is 48.3. The van der Waals surface area contributed by atoms with Gasteiger partial charge in [-0.25, -0.2) is 32.1 Å². The van der Waals surface area contributed by atoms with Gasteiger partial charge < -0.3 is 41.2 Å². The molecule has 5 atom stereocenters. The van der Waals surface area contributed by atoms with Crippen molar-refractivity contribution in [3.05, 3.63) is 119 Å². The summed E-state index contributed by atoms with van der Waals surface area (Å²) < 4.78 is 68.2. The number of imide groups is 1. The topological polar surface area (TPSA) is 247 Å². The van der Waals surface area contributed by atoms with E-state index in [4.69, 9.17) is 15.5 Å². The van der Waals surface area contributed by atoms with Crippen LogP contribution in [0.25, 0.3) is 11.3 Å². The van der Waals surface area contributed by atoms with Crippen LogP contribution in [-0.2, 0) is 46.7 Å². The highest BCUT2D eigenvalue weighted by molar-refractivity contribution is 7.98. The molecule has 0 aliphatic carbocycles. The number of alkyl halides is 1. The number of carbonyl (C=O) groups is 8. The molecule has 454 valence electrons. The number of hydrogen-bond donors (Lipinski definition) is 5. The van der Waals surface area contributed by atoms with Gasteiger partial charge in [-0.15, -0.1) is 0 Å². The highest BCUT2D eigenvalue weighted by atomic mass is 32.2. The van der Waals surface area contributed by atoms with Gasteiger partial charge >= 0.3 is 12.1 Å². The van der Waals surface area contributed by atoms with Crippen molar-refractivity contribution in [2.45, 2.75) is 117 Å². The highest BCUT2D eigenvalue weighted by Gasteiger charge is 2.43. The number of urea groups is 1. The van der Waals surface area contributed by atoms with Gasteiger partial charge in [-0.2, -0.15) is 11.8 Å². The lowest BCUT2D eigenvalue weighted by Crippen LogP contribution is -2.54. The van der Waals surface area contributed by atoms with E-state index in [0.717, 1.165) is 23.1 Å². The van der Waals surface area contributed by atoms with Crippen LogP contribution in [0.5, 0.6) is 0 Å². The maximum Gasteiger partial charge on any atom is 0.410 e. The third-order valence-corrected chi connectivity index (χ3v) is 15.0. The summed E-state index contributed by atoms with van der Waals surface area (Å²) in [6, 6.07) is 11.7. The Morgan fingerprint density at radius 2 is 1.57 bits per heavy atom. The van der Waals surface area contributed by atoms with E-state index in [1.807, 2.05) is 31.9 Å². The molecule has 0 spiro atoms. The Bertz CT molecular complexity index is 2990. The van der Waals surface area contributed by atoms with Gasteiger partial charge in [0.25, 0.3) is 11.8 Å². The van der Waals surface area contributed by atoms with Crippen LogP contribution in [0.1, 0.15) is 103 Å². The number of ether oxygens (including phenoxy) is 1. The molecular formula is C60H76F4N10O9S. The van der Waals surface area contributed by atoms with E-state index in [-0.39, 0.29) is 113 Å². The summed E-state index contributed by atoms with van der Waals surface area (Å²) in [5, 5.41) is 10.7. The number of nitrogens with zero attached hydrogens (tertiary/aromatic N) is 5. The zero-order chi connectivity index (χ0) is 61.3. The van der Waals surface area contributed by atoms with Gasteiger partial charge in [-0.1, -0.05) is 65.3 Å². The van der Waals surface area contributed by atoms with Gasteiger partial charge in [0.05, 0.1) is 24.8 Å². The summed E-state index contributed by atoms with van der Waals surface area (Å²) >= 11 is 1.50. The standard InChI is InChI=1S/C60H76F4N10O9S/c1-37(2)53(70-50(76)15-8-7-9-26-74-51(77)22-23-52(74)78)57(80)69-48(14-11-25-66-58(65)81)56(79)67-43-19-16-38(17-20-43)36-83-59(82)73-32-40(47(64)34-73)31-71(33-44(75)24-27-84-6)54(60(3,4)5)55-68-49(45-29-42(62)18-21-46(45)63)35-72(55)30-39-12-10-13-41(61)28-39/h10,12-13,16-23,28-29,35,37,40,47-48,53-54H,7-9,11,14-15,24-27,30-34,36H2,1-6H3,(H,67,79)(H,69,80)(H,70,76)(H3,65,66,81)/t40-,47+,48+,53+,54+/m1/s1. The maximum absolute atomic E-state index is 16.4. The fourth-order valence-electron chi connectivity index (χ4n) is 10.1. The minimum Gasteiger partial charge on any atom is -0.445 e. The fraction of sp³-hybridized carbons (Fsp3) is 0.483. The average molecular weight is 1190 g/mol. The number of primary amides is 1. The van der Waals surface area contributed by atoms with Gasteiger partial charge in [-0.3, -0.25) is 38.6 Å². The third kappa shape index (κ3) is 19.2. The minimum atomic E-state index is -1.54. The van der Waals surface area contributed by atoms with Crippen molar-refractivity contribution in [2.24, 2.45) is 23.0 Å². The summed E-state index contributed by atoms with van der Waals surface area (Å²) in [6.45, 7) is 8.94. The fourth-order valence-corrected chi connectivity index (χ4v) is 10.6. The van der Waals surface area contributed by atoms with Crippen molar-refractivity contribution in [1.82, 2.24) is 40.2 Å². The quantitative estimate of drug-likeness (QED) is 0.0190.